The third-order valence-electron chi connectivity index (χ3n) is 4.76. The van der Waals surface area contributed by atoms with Crippen molar-refractivity contribution in [1.82, 2.24) is 20.2 Å². The molecule has 2 aromatic rings. The van der Waals surface area contributed by atoms with E-state index in [1.807, 2.05) is 20.0 Å². The maximum atomic E-state index is 13.8. The summed E-state index contributed by atoms with van der Waals surface area (Å²) in [6.07, 6.45) is 5.21. The third kappa shape index (κ3) is 4.53. The molecule has 2 N–H and O–H groups in total. The first-order chi connectivity index (χ1) is 13.0. The molecule has 0 aliphatic carbocycles. The molecule has 144 valence electrons. The van der Waals surface area contributed by atoms with Gasteiger partial charge in [0.2, 0.25) is 5.91 Å². The molecule has 6 nitrogen and oxygen atoms in total. The SMILES string of the molecule is CC(C)C(NC(=O)c1ccccc1F)C(=O)NCc1cn2c(n1)CCCC2. The van der Waals surface area contributed by atoms with Crippen molar-refractivity contribution >= 4 is 11.8 Å². The van der Waals surface area contributed by atoms with Crippen molar-refractivity contribution in [1.29, 1.82) is 0 Å². The van der Waals surface area contributed by atoms with Gasteiger partial charge in [0.15, 0.2) is 0 Å². The Balaban J connectivity index is 1.62. The first kappa shape index (κ1) is 19.1. The van der Waals surface area contributed by atoms with Gasteiger partial charge in [0, 0.05) is 19.2 Å². The van der Waals surface area contributed by atoms with Crippen LogP contribution < -0.4 is 10.6 Å². The first-order valence-corrected chi connectivity index (χ1v) is 9.33. The molecule has 1 aromatic heterocycles. The van der Waals surface area contributed by atoms with Crippen LogP contribution in [0.2, 0.25) is 0 Å². The van der Waals surface area contributed by atoms with Gasteiger partial charge in [0.05, 0.1) is 17.8 Å². The summed E-state index contributed by atoms with van der Waals surface area (Å²) in [5, 5.41) is 5.48. The van der Waals surface area contributed by atoms with Crippen LogP contribution in [0.1, 0.15) is 48.6 Å². The number of hydrogen-bond donors (Lipinski definition) is 2. The van der Waals surface area contributed by atoms with Crippen molar-refractivity contribution in [3.63, 3.8) is 0 Å². The van der Waals surface area contributed by atoms with Gasteiger partial charge in [-0.05, 0) is 30.9 Å². The Kier molecular flexibility index (Phi) is 5.88. The van der Waals surface area contributed by atoms with Crippen LogP contribution in [0.3, 0.4) is 0 Å². The zero-order chi connectivity index (χ0) is 19.4. The molecule has 3 rings (SSSR count). The van der Waals surface area contributed by atoms with E-state index in [0.29, 0.717) is 6.54 Å². The predicted molar refractivity (Wildman–Crippen MR) is 99.5 cm³/mol. The van der Waals surface area contributed by atoms with Crippen LogP contribution >= 0.6 is 0 Å². The second kappa shape index (κ2) is 8.33. The topological polar surface area (TPSA) is 76.0 Å². The van der Waals surface area contributed by atoms with Crippen molar-refractivity contribution in [2.75, 3.05) is 0 Å². The third-order valence-corrected chi connectivity index (χ3v) is 4.76. The summed E-state index contributed by atoms with van der Waals surface area (Å²) < 4.78 is 15.9. The zero-order valence-electron chi connectivity index (χ0n) is 15.7. The Morgan fingerprint density at radius 1 is 1.26 bits per heavy atom. The highest BCUT2D eigenvalue weighted by Crippen LogP contribution is 2.14. The van der Waals surface area contributed by atoms with Crippen LogP contribution in [0.15, 0.2) is 30.5 Å². The van der Waals surface area contributed by atoms with E-state index < -0.39 is 17.8 Å². The second-order valence-corrected chi connectivity index (χ2v) is 7.19. The molecule has 0 fully saturated rings. The zero-order valence-corrected chi connectivity index (χ0v) is 15.7. The molecule has 0 spiro atoms. The van der Waals surface area contributed by atoms with E-state index in [0.717, 1.165) is 37.3 Å². The number of hydrogen-bond acceptors (Lipinski definition) is 3. The van der Waals surface area contributed by atoms with Gasteiger partial charge in [-0.1, -0.05) is 26.0 Å². The number of fused-ring (bicyclic) bond motifs is 1. The minimum absolute atomic E-state index is 0.0715. The second-order valence-electron chi connectivity index (χ2n) is 7.19. The number of rotatable bonds is 6. The van der Waals surface area contributed by atoms with Crippen LogP contribution in [-0.2, 0) is 24.3 Å². The van der Waals surface area contributed by atoms with Gasteiger partial charge in [0.25, 0.3) is 5.91 Å². The highest BCUT2D eigenvalue weighted by atomic mass is 19.1. The smallest absolute Gasteiger partial charge is 0.254 e. The van der Waals surface area contributed by atoms with E-state index in [4.69, 9.17) is 0 Å². The summed E-state index contributed by atoms with van der Waals surface area (Å²) in [6, 6.07) is 4.97. The van der Waals surface area contributed by atoms with Crippen LogP contribution in [-0.4, -0.2) is 27.4 Å². The van der Waals surface area contributed by atoms with Gasteiger partial charge >= 0.3 is 0 Å². The number of aryl methyl sites for hydroxylation is 2. The van der Waals surface area contributed by atoms with E-state index in [9.17, 15) is 14.0 Å². The van der Waals surface area contributed by atoms with Gasteiger partial charge in [-0.25, -0.2) is 9.37 Å². The molecule has 2 amide bonds. The molecular formula is C20H25FN4O2. The Morgan fingerprint density at radius 2 is 2.04 bits per heavy atom. The summed E-state index contributed by atoms with van der Waals surface area (Å²) in [6.45, 7) is 4.93. The lowest BCUT2D eigenvalue weighted by atomic mass is 10.0. The monoisotopic (exact) mass is 372 g/mol. The lowest BCUT2D eigenvalue weighted by molar-refractivity contribution is -0.124. The van der Waals surface area contributed by atoms with E-state index >= 15 is 0 Å². The summed E-state index contributed by atoms with van der Waals surface area (Å²) in [7, 11) is 0. The van der Waals surface area contributed by atoms with Gasteiger partial charge in [-0.3, -0.25) is 9.59 Å². The normalized spacial score (nSPS) is 14.5. The molecule has 2 heterocycles. The van der Waals surface area contributed by atoms with E-state index in [2.05, 4.69) is 20.2 Å². The van der Waals surface area contributed by atoms with Gasteiger partial charge in [-0.2, -0.15) is 0 Å². The standard InChI is InChI=1S/C20H25FN4O2/c1-13(2)18(24-19(26)15-7-3-4-8-16(15)21)20(27)22-11-14-12-25-10-6-5-9-17(25)23-14/h3-4,7-8,12-13,18H,5-6,9-11H2,1-2H3,(H,22,27)(H,24,26). The number of carbonyl (C=O) groups is 2. The Morgan fingerprint density at radius 3 is 2.74 bits per heavy atom. The van der Waals surface area contributed by atoms with Crippen molar-refractivity contribution in [3.05, 3.63) is 53.4 Å². The number of aromatic nitrogens is 2. The number of amides is 2. The quantitative estimate of drug-likeness (QED) is 0.818. The molecule has 1 unspecified atom stereocenters. The van der Waals surface area contributed by atoms with E-state index in [1.165, 1.54) is 18.2 Å². The maximum absolute atomic E-state index is 13.8. The lowest BCUT2D eigenvalue weighted by Gasteiger charge is -2.21. The number of halogens is 1. The number of nitrogens with zero attached hydrogens (tertiary/aromatic N) is 2. The van der Waals surface area contributed by atoms with Crippen molar-refractivity contribution in [2.45, 2.75) is 52.2 Å². The number of imidazole rings is 1. The minimum Gasteiger partial charge on any atom is -0.349 e. The fourth-order valence-electron chi connectivity index (χ4n) is 3.24. The fraction of sp³-hybridized carbons (Fsp3) is 0.450. The Bertz CT molecular complexity index is 808. The highest BCUT2D eigenvalue weighted by molar-refractivity contribution is 5.97. The highest BCUT2D eigenvalue weighted by Gasteiger charge is 2.25. The maximum Gasteiger partial charge on any atom is 0.254 e. The molecule has 0 saturated carbocycles. The first-order valence-electron chi connectivity index (χ1n) is 9.33. The van der Waals surface area contributed by atoms with Gasteiger partial charge in [-0.15, -0.1) is 0 Å². The minimum atomic E-state index is -0.755. The average Bonchev–Trinajstić information content (AvgIpc) is 3.07. The molecule has 1 aromatic carbocycles. The molecule has 1 atom stereocenters. The van der Waals surface area contributed by atoms with Crippen LogP contribution in [0, 0.1) is 11.7 Å². The summed E-state index contributed by atoms with van der Waals surface area (Å²) in [4.78, 5) is 29.5. The molecule has 1 aliphatic rings. The Hall–Kier alpha value is -2.70. The largest absolute Gasteiger partial charge is 0.349 e. The summed E-state index contributed by atoms with van der Waals surface area (Å²) in [5.74, 6) is -0.601. The van der Waals surface area contributed by atoms with Crippen molar-refractivity contribution in [2.24, 2.45) is 5.92 Å². The predicted octanol–water partition coefficient (Wildman–Crippen LogP) is 2.43. The molecule has 0 bridgehead atoms. The molecule has 0 radical (unpaired) electrons. The van der Waals surface area contributed by atoms with E-state index in [-0.39, 0.29) is 17.4 Å². The fourth-order valence-corrected chi connectivity index (χ4v) is 3.24. The number of benzene rings is 1. The van der Waals surface area contributed by atoms with Gasteiger partial charge < -0.3 is 15.2 Å². The summed E-state index contributed by atoms with van der Waals surface area (Å²) >= 11 is 0. The number of carbonyl (C=O) groups excluding carboxylic acids is 2. The Labute approximate surface area is 158 Å². The van der Waals surface area contributed by atoms with Crippen LogP contribution in [0.4, 0.5) is 4.39 Å². The average molecular weight is 372 g/mol. The molecular weight excluding hydrogens is 347 g/mol. The molecule has 27 heavy (non-hydrogen) atoms. The molecule has 7 heteroatoms. The van der Waals surface area contributed by atoms with Crippen LogP contribution in [0.5, 0.6) is 0 Å². The lowest BCUT2D eigenvalue weighted by Crippen LogP contribution is -2.49. The van der Waals surface area contributed by atoms with Crippen molar-refractivity contribution < 1.29 is 14.0 Å². The molecule has 0 saturated heterocycles. The van der Waals surface area contributed by atoms with Gasteiger partial charge in [0.1, 0.15) is 17.7 Å². The number of nitrogens with one attached hydrogen (secondary N) is 2. The van der Waals surface area contributed by atoms with Crippen molar-refractivity contribution in [3.8, 4) is 0 Å². The molecule has 1 aliphatic heterocycles. The summed E-state index contributed by atoms with van der Waals surface area (Å²) in [5.41, 5.74) is 0.737. The van der Waals surface area contributed by atoms with E-state index in [1.54, 1.807) is 6.07 Å². The van der Waals surface area contributed by atoms with Crippen LogP contribution in [0.25, 0.3) is 0 Å².